The maximum absolute atomic E-state index is 5.16. The van der Waals surface area contributed by atoms with E-state index in [0.29, 0.717) is 16.7 Å². The van der Waals surface area contributed by atoms with E-state index in [-0.39, 0.29) is 0 Å². The van der Waals surface area contributed by atoms with E-state index in [2.05, 4.69) is 41.5 Å². The molecule has 0 aromatic heterocycles. The lowest BCUT2D eigenvalue weighted by molar-refractivity contribution is 0.0602. The van der Waals surface area contributed by atoms with Crippen LogP contribution in [0.5, 0.6) is 0 Å². The third kappa shape index (κ3) is 4.66. The molecule has 0 amide bonds. The van der Waals surface area contributed by atoms with Crippen LogP contribution in [0.15, 0.2) is 0 Å². The van der Waals surface area contributed by atoms with Crippen LogP contribution in [0, 0.1) is 16.7 Å². The zero-order valence-corrected chi connectivity index (χ0v) is 10.4. The van der Waals surface area contributed by atoms with E-state index >= 15 is 0 Å². The van der Waals surface area contributed by atoms with Crippen molar-refractivity contribution in [2.24, 2.45) is 16.7 Å². The molecule has 80 valence electrons. The van der Waals surface area contributed by atoms with Crippen molar-refractivity contribution in [1.29, 1.82) is 0 Å². The predicted molar refractivity (Wildman–Crippen MR) is 58.9 cm³/mol. The van der Waals surface area contributed by atoms with Gasteiger partial charge < -0.3 is 4.74 Å². The van der Waals surface area contributed by atoms with Gasteiger partial charge in [0.25, 0.3) is 0 Å². The maximum Gasteiger partial charge on any atom is 0.0465 e. The molecule has 0 rings (SSSR count). The van der Waals surface area contributed by atoms with Crippen LogP contribution in [0.2, 0.25) is 0 Å². The summed E-state index contributed by atoms with van der Waals surface area (Å²) in [5.74, 6) is 0.708. The lowest BCUT2D eigenvalue weighted by Gasteiger charge is -2.40. The summed E-state index contributed by atoms with van der Waals surface area (Å²) in [7, 11) is 1.78. The van der Waals surface area contributed by atoms with Crippen molar-refractivity contribution >= 4 is 0 Å². The minimum atomic E-state index is 0.372. The second-order valence-electron chi connectivity index (χ2n) is 6.07. The van der Waals surface area contributed by atoms with Crippen LogP contribution in [-0.4, -0.2) is 13.7 Å². The summed E-state index contributed by atoms with van der Waals surface area (Å²) >= 11 is 0. The largest absolute Gasteiger partial charge is 0.385 e. The van der Waals surface area contributed by atoms with Gasteiger partial charge in [-0.05, 0) is 23.2 Å². The minimum absolute atomic E-state index is 0.372. The molecule has 1 heteroatoms. The number of methoxy groups -OCH3 is 1. The van der Waals surface area contributed by atoms with Gasteiger partial charge in [0.1, 0.15) is 0 Å². The van der Waals surface area contributed by atoms with Crippen LogP contribution < -0.4 is 0 Å². The van der Waals surface area contributed by atoms with Crippen molar-refractivity contribution < 1.29 is 4.74 Å². The van der Waals surface area contributed by atoms with Gasteiger partial charge in [-0.1, -0.05) is 41.5 Å². The third-order valence-corrected chi connectivity index (χ3v) is 2.70. The molecule has 0 saturated heterocycles. The van der Waals surface area contributed by atoms with Crippen molar-refractivity contribution in [1.82, 2.24) is 0 Å². The summed E-state index contributed by atoms with van der Waals surface area (Å²) in [4.78, 5) is 0. The molecule has 0 N–H and O–H groups in total. The summed E-state index contributed by atoms with van der Waals surface area (Å²) in [6, 6.07) is 0. The molecule has 0 bridgehead atoms. The van der Waals surface area contributed by atoms with E-state index in [9.17, 15) is 0 Å². The molecule has 0 aliphatic heterocycles. The summed E-state index contributed by atoms with van der Waals surface area (Å²) in [5, 5.41) is 0. The Morgan fingerprint density at radius 3 is 1.54 bits per heavy atom. The van der Waals surface area contributed by atoms with Crippen LogP contribution in [0.3, 0.4) is 0 Å². The van der Waals surface area contributed by atoms with Gasteiger partial charge in [-0.3, -0.25) is 0 Å². The number of hydrogen-bond acceptors (Lipinski definition) is 1. The lowest BCUT2D eigenvalue weighted by atomic mass is 9.65. The summed E-state index contributed by atoms with van der Waals surface area (Å²) in [6.07, 6.45) is 1.16. The maximum atomic E-state index is 5.16. The Morgan fingerprint density at radius 2 is 1.31 bits per heavy atom. The molecule has 0 spiro atoms. The van der Waals surface area contributed by atoms with Crippen molar-refractivity contribution in [3.05, 3.63) is 0 Å². The van der Waals surface area contributed by atoms with E-state index in [1.54, 1.807) is 7.11 Å². The lowest BCUT2D eigenvalue weighted by Crippen LogP contribution is -2.33. The summed E-state index contributed by atoms with van der Waals surface area (Å²) in [6.45, 7) is 14.8. The Labute approximate surface area is 83.9 Å². The van der Waals surface area contributed by atoms with Crippen molar-refractivity contribution in [3.63, 3.8) is 0 Å². The van der Waals surface area contributed by atoms with Gasteiger partial charge in [0.15, 0.2) is 0 Å². The van der Waals surface area contributed by atoms with Crippen molar-refractivity contribution in [2.45, 2.75) is 48.0 Å². The van der Waals surface area contributed by atoms with E-state index in [1.165, 1.54) is 0 Å². The fraction of sp³-hybridized carbons (Fsp3) is 1.00. The molecule has 13 heavy (non-hydrogen) atoms. The van der Waals surface area contributed by atoms with Crippen molar-refractivity contribution in [3.8, 4) is 0 Å². The monoisotopic (exact) mass is 186 g/mol. The van der Waals surface area contributed by atoms with E-state index in [4.69, 9.17) is 4.74 Å². The smallest absolute Gasteiger partial charge is 0.0465 e. The topological polar surface area (TPSA) is 9.23 Å². The number of hydrogen-bond donors (Lipinski definition) is 0. The Bertz CT molecular complexity index is 122. The van der Waals surface area contributed by atoms with Gasteiger partial charge in [-0.2, -0.15) is 0 Å². The first-order valence-corrected chi connectivity index (χ1v) is 5.18. The third-order valence-electron chi connectivity index (χ3n) is 2.70. The molecular formula is C12H26O. The zero-order valence-electron chi connectivity index (χ0n) is 10.4. The highest BCUT2D eigenvalue weighted by molar-refractivity contribution is 4.83. The molecule has 0 atom stereocenters. The van der Waals surface area contributed by atoms with Crippen LogP contribution in [0.1, 0.15) is 48.0 Å². The Morgan fingerprint density at radius 1 is 0.923 bits per heavy atom. The molecule has 0 saturated carbocycles. The average molecular weight is 186 g/mol. The van der Waals surface area contributed by atoms with Crippen molar-refractivity contribution in [2.75, 3.05) is 13.7 Å². The molecule has 0 aliphatic carbocycles. The van der Waals surface area contributed by atoms with Gasteiger partial charge in [0.2, 0.25) is 0 Å². The summed E-state index contributed by atoms with van der Waals surface area (Å²) < 4.78 is 5.16. The standard InChI is InChI=1S/C12H26O/c1-11(2,3)10(8-9-13-7)12(4,5)6/h10H,8-9H2,1-7H3. The normalized spacial score (nSPS) is 13.8. The van der Waals surface area contributed by atoms with Crippen LogP contribution in [-0.2, 0) is 4.74 Å². The first-order chi connectivity index (χ1) is 5.69. The van der Waals surface area contributed by atoms with Gasteiger partial charge >= 0.3 is 0 Å². The van der Waals surface area contributed by atoms with Gasteiger partial charge in [-0.15, -0.1) is 0 Å². The van der Waals surface area contributed by atoms with E-state index in [1.807, 2.05) is 0 Å². The molecule has 0 fully saturated rings. The van der Waals surface area contributed by atoms with Gasteiger partial charge in [-0.25, -0.2) is 0 Å². The molecule has 0 heterocycles. The van der Waals surface area contributed by atoms with E-state index in [0.717, 1.165) is 13.0 Å². The minimum Gasteiger partial charge on any atom is -0.385 e. The second-order valence-corrected chi connectivity index (χ2v) is 6.07. The molecule has 0 radical (unpaired) electrons. The second kappa shape index (κ2) is 4.45. The number of rotatable bonds is 3. The average Bonchev–Trinajstić information content (AvgIpc) is 1.81. The quantitative estimate of drug-likeness (QED) is 0.652. The predicted octanol–water partition coefficient (Wildman–Crippen LogP) is 3.73. The Kier molecular flexibility index (Phi) is 4.44. The first-order valence-electron chi connectivity index (χ1n) is 5.18. The molecule has 0 aromatic rings. The molecule has 0 aliphatic rings. The van der Waals surface area contributed by atoms with Gasteiger partial charge in [0.05, 0.1) is 0 Å². The van der Waals surface area contributed by atoms with Gasteiger partial charge in [0, 0.05) is 13.7 Å². The molecule has 0 unspecified atom stereocenters. The Balaban J connectivity index is 4.39. The van der Waals surface area contributed by atoms with Crippen LogP contribution in [0.4, 0.5) is 0 Å². The molecular weight excluding hydrogens is 160 g/mol. The summed E-state index contributed by atoms with van der Waals surface area (Å²) in [5.41, 5.74) is 0.744. The zero-order chi connectivity index (χ0) is 10.7. The molecule has 1 nitrogen and oxygen atoms in total. The van der Waals surface area contributed by atoms with Crippen LogP contribution in [0.25, 0.3) is 0 Å². The Hall–Kier alpha value is -0.0400. The fourth-order valence-corrected chi connectivity index (χ4v) is 2.40. The fourth-order valence-electron chi connectivity index (χ4n) is 2.40. The highest BCUT2D eigenvalue weighted by atomic mass is 16.5. The number of ether oxygens (including phenoxy) is 1. The SMILES string of the molecule is COCCC(C(C)(C)C)C(C)(C)C. The first kappa shape index (κ1) is 13.0. The van der Waals surface area contributed by atoms with E-state index < -0.39 is 0 Å². The van der Waals surface area contributed by atoms with Crippen LogP contribution >= 0.6 is 0 Å². The highest BCUT2D eigenvalue weighted by Crippen LogP contribution is 2.41. The highest BCUT2D eigenvalue weighted by Gasteiger charge is 2.33. The molecule has 0 aromatic carbocycles.